The maximum Gasteiger partial charge on any atom is 0.253 e. The lowest BCUT2D eigenvalue weighted by atomic mass is 10.1. The Labute approximate surface area is 197 Å². The van der Waals surface area contributed by atoms with Gasteiger partial charge in [-0.15, -0.1) is 0 Å². The van der Waals surface area contributed by atoms with Crippen molar-refractivity contribution in [2.24, 2.45) is 0 Å². The van der Waals surface area contributed by atoms with Gasteiger partial charge in [-0.05, 0) is 31.3 Å². The third-order valence-electron chi connectivity index (χ3n) is 5.87. The number of H-pyrrole nitrogens is 1. The highest BCUT2D eigenvalue weighted by Crippen LogP contribution is 2.23. The van der Waals surface area contributed by atoms with E-state index in [4.69, 9.17) is 9.72 Å². The molecule has 9 heteroatoms. The van der Waals surface area contributed by atoms with Crippen LogP contribution in [0.2, 0.25) is 0 Å². The van der Waals surface area contributed by atoms with E-state index in [2.05, 4.69) is 32.2 Å². The Balaban J connectivity index is 1.29. The zero-order chi connectivity index (χ0) is 23.3. The smallest absolute Gasteiger partial charge is 0.253 e. The minimum absolute atomic E-state index is 0.0593. The van der Waals surface area contributed by atoms with Crippen molar-refractivity contribution in [3.8, 4) is 17.1 Å². The molecule has 1 fully saturated rings. The van der Waals surface area contributed by atoms with Crippen LogP contribution >= 0.6 is 0 Å². The summed E-state index contributed by atoms with van der Waals surface area (Å²) in [5.41, 5.74) is 2.81. The van der Waals surface area contributed by atoms with E-state index in [9.17, 15) is 4.79 Å². The lowest BCUT2D eigenvalue weighted by molar-refractivity contribution is 0.0664. The van der Waals surface area contributed by atoms with Crippen LogP contribution in [0.1, 0.15) is 10.4 Å². The molecule has 3 heterocycles. The van der Waals surface area contributed by atoms with E-state index < -0.39 is 0 Å². The van der Waals surface area contributed by atoms with E-state index in [1.54, 1.807) is 6.33 Å². The van der Waals surface area contributed by atoms with Crippen LogP contribution in [-0.2, 0) is 0 Å². The first-order chi connectivity index (χ1) is 16.7. The average molecular weight is 458 g/mol. The lowest BCUT2D eigenvalue weighted by Gasteiger charge is -2.32. The molecule has 0 atom stereocenters. The molecule has 2 N–H and O–H groups in total. The van der Waals surface area contributed by atoms with Gasteiger partial charge < -0.3 is 24.8 Å². The van der Waals surface area contributed by atoms with Crippen LogP contribution in [0.4, 0.5) is 5.82 Å². The van der Waals surface area contributed by atoms with Gasteiger partial charge in [-0.3, -0.25) is 4.79 Å². The third-order valence-corrected chi connectivity index (χ3v) is 5.87. The van der Waals surface area contributed by atoms with Gasteiger partial charge in [0.2, 0.25) is 0 Å². The number of piperazine rings is 1. The van der Waals surface area contributed by atoms with E-state index in [1.165, 1.54) is 0 Å². The highest BCUT2D eigenvalue weighted by Gasteiger charge is 2.20. The van der Waals surface area contributed by atoms with Crippen LogP contribution in [0.15, 0.2) is 60.9 Å². The number of carbonyl (C=O) groups excluding carboxylic acids is 1. The standard InChI is InChI=1S/C25H27N7O2/c1-31-12-14-32(15-13-31)25(33)19-9-7-18(8-10-19)22-29-23(21-24(30-22)28-17-27-21)26-11-16-34-20-5-3-2-4-6-20/h2-10,17H,11-16H2,1H3,(H2,26,27,28,29,30). The van der Waals surface area contributed by atoms with E-state index in [-0.39, 0.29) is 5.91 Å². The molecule has 5 rings (SSSR count). The molecule has 2 aromatic heterocycles. The topological polar surface area (TPSA) is 99.3 Å². The monoisotopic (exact) mass is 457 g/mol. The van der Waals surface area contributed by atoms with Crippen LogP contribution < -0.4 is 10.1 Å². The minimum Gasteiger partial charge on any atom is -0.492 e. The molecular weight excluding hydrogens is 430 g/mol. The highest BCUT2D eigenvalue weighted by atomic mass is 16.5. The van der Waals surface area contributed by atoms with Crippen LogP contribution in [0, 0.1) is 0 Å². The Hall–Kier alpha value is -3.98. The minimum atomic E-state index is 0.0593. The van der Waals surface area contributed by atoms with Gasteiger partial charge in [0.25, 0.3) is 5.91 Å². The first kappa shape index (κ1) is 21.8. The second kappa shape index (κ2) is 9.88. The number of amides is 1. The number of aromatic amines is 1. The van der Waals surface area contributed by atoms with Crippen molar-refractivity contribution in [3.05, 3.63) is 66.5 Å². The van der Waals surface area contributed by atoms with Gasteiger partial charge in [0.1, 0.15) is 17.9 Å². The van der Waals surface area contributed by atoms with Gasteiger partial charge in [0, 0.05) is 37.3 Å². The number of hydrogen-bond donors (Lipinski definition) is 2. The van der Waals surface area contributed by atoms with Gasteiger partial charge in [-0.2, -0.15) is 0 Å². The number of nitrogens with one attached hydrogen (secondary N) is 2. The van der Waals surface area contributed by atoms with Crippen molar-refractivity contribution >= 4 is 22.9 Å². The summed E-state index contributed by atoms with van der Waals surface area (Å²) in [6, 6.07) is 17.1. The molecule has 1 saturated heterocycles. The summed E-state index contributed by atoms with van der Waals surface area (Å²) in [4.78, 5) is 33.7. The first-order valence-electron chi connectivity index (χ1n) is 11.4. The van der Waals surface area contributed by atoms with Crippen LogP contribution in [0.3, 0.4) is 0 Å². The van der Waals surface area contributed by atoms with Crippen LogP contribution in [0.25, 0.3) is 22.6 Å². The van der Waals surface area contributed by atoms with E-state index in [0.717, 1.165) is 43.0 Å². The van der Waals surface area contributed by atoms with Gasteiger partial charge in [0.15, 0.2) is 17.3 Å². The maximum absolute atomic E-state index is 12.8. The van der Waals surface area contributed by atoms with Crippen molar-refractivity contribution in [3.63, 3.8) is 0 Å². The fraction of sp³-hybridized carbons (Fsp3) is 0.280. The molecule has 0 unspecified atom stereocenters. The van der Waals surface area contributed by atoms with Gasteiger partial charge in [0.05, 0.1) is 12.9 Å². The summed E-state index contributed by atoms with van der Waals surface area (Å²) in [7, 11) is 2.08. The molecule has 9 nitrogen and oxygen atoms in total. The Morgan fingerprint density at radius 2 is 1.79 bits per heavy atom. The normalized spacial score (nSPS) is 14.3. The zero-order valence-corrected chi connectivity index (χ0v) is 19.1. The number of anilines is 1. The van der Waals surface area contributed by atoms with E-state index in [0.29, 0.717) is 36.0 Å². The molecule has 1 aliphatic rings. The SMILES string of the molecule is CN1CCN(C(=O)c2ccc(-c3nc(NCCOc4ccccc4)c4[nH]cnc4n3)cc2)CC1. The number of fused-ring (bicyclic) bond motifs is 1. The summed E-state index contributed by atoms with van der Waals surface area (Å²) >= 11 is 0. The third kappa shape index (κ3) is 4.84. The van der Waals surface area contributed by atoms with Crippen molar-refractivity contribution in [1.82, 2.24) is 29.7 Å². The quantitative estimate of drug-likeness (QED) is 0.412. The number of likely N-dealkylation sites (N-methyl/N-ethyl adjacent to an activating group) is 1. The summed E-state index contributed by atoms with van der Waals surface area (Å²) in [5.74, 6) is 2.09. The molecule has 34 heavy (non-hydrogen) atoms. The molecule has 1 aliphatic heterocycles. The summed E-state index contributed by atoms with van der Waals surface area (Å²) in [6.07, 6.45) is 1.60. The summed E-state index contributed by atoms with van der Waals surface area (Å²) < 4.78 is 5.76. The van der Waals surface area contributed by atoms with Gasteiger partial charge >= 0.3 is 0 Å². The fourth-order valence-corrected chi connectivity index (χ4v) is 3.90. The lowest BCUT2D eigenvalue weighted by Crippen LogP contribution is -2.47. The predicted molar refractivity (Wildman–Crippen MR) is 131 cm³/mol. The second-order valence-electron chi connectivity index (χ2n) is 8.26. The molecule has 0 saturated carbocycles. The molecule has 2 aromatic carbocycles. The van der Waals surface area contributed by atoms with Crippen molar-refractivity contribution in [1.29, 1.82) is 0 Å². The molecule has 0 spiro atoms. The van der Waals surface area contributed by atoms with Crippen molar-refractivity contribution in [2.75, 3.05) is 51.7 Å². The number of benzene rings is 2. The molecular formula is C25H27N7O2. The zero-order valence-electron chi connectivity index (χ0n) is 19.1. The van der Waals surface area contributed by atoms with Gasteiger partial charge in [-0.1, -0.05) is 30.3 Å². The second-order valence-corrected chi connectivity index (χ2v) is 8.26. The van der Waals surface area contributed by atoms with Crippen LogP contribution in [-0.4, -0.2) is 82.0 Å². The Kier molecular flexibility index (Phi) is 6.35. The molecule has 0 radical (unpaired) electrons. The number of para-hydroxylation sites is 1. The van der Waals surface area contributed by atoms with E-state index in [1.807, 2.05) is 59.5 Å². The van der Waals surface area contributed by atoms with Crippen molar-refractivity contribution < 1.29 is 9.53 Å². The molecule has 4 aromatic rings. The maximum atomic E-state index is 12.8. The van der Waals surface area contributed by atoms with Gasteiger partial charge in [-0.25, -0.2) is 15.0 Å². The number of carbonyl (C=O) groups is 1. The predicted octanol–water partition coefficient (Wildman–Crippen LogP) is 2.90. The Morgan fingerprint density at radius 1 is 1.03 bits per heavy atom. The number of rotatable bonds is 7. The fourth-order valence-electron chi connectivity index (χ4n) is 3.90. The summed E-state index contributed by atoms with van der Waals surface area (Å²) in [6.45, 7) is 4.35. The number of aromatic nitrogens is 4. The van der Waals surface area contributed by atoms with E-state index >= 15 is 0 Å². The summed E-state index contributed by atoms with van der Waals surface area (Å²) in [5, 5.41) is 3.32. The Bertz CT molecular complexity index is 1250. The molecule has 1 amide bonds. The van der Waals surface area contributed by atoms with Crippen LogP contribution in [0.5, 0.6) is 5.75 Å². The largest absolute Gasteiger partial charge is 0.492 e. The first-order valence-corrected chi connectivity index (χ1v) is 11.4. The van der Waals surface area contributed by atoms with Crippen molar-refractivity contribution in [2.45, 2.75) is 0 Å². The average Bonchev–Trinajstić information content (AvgIpc) is 3.36. The number of imidazole rings is 1. The molecule has 0 bridgehead atoms. The molecule has 174 valence electrons. The highest BCUT2D eigenvalue weighted by molar-refractivity contribution is 5.95. The number of hydrogen-bond acceptors (Lipinski definition) is 7. The molecule has 0 aliphatic carbocycles. The Morgan fingerprint density at radius 3 is 2.56 bits per heavy atom. The number of nitrogens with zero attached hydrogens (tertiary/aromatic N) is 5. The number of ether oxygens (including phenoxy) is 1.